The smallest absolute Gasteiger partial charge is 0.0184 e. The molecule has 16 heavy (non-hydrogen) atoms. The molecule has 0 unspecified atom stereocenters. The van der Waals surface area contributed by atoms with Gasteiger partial charge < -0.3 is 0 Å². The second kappa shape index (κ2) is 11.4. The Hall–Kier alpha value is -0.0800. The van der Waals surface area contributed by atoms with E-state index in [1.54, 1.807) is 0 Å². The molecule has 0 aliphatic carbocycles. The minimum absolute atomic E-state index is 0.597. The Kier molecular flexibility index (Phi) is 11.3. The van der Waals surface area contributed by atoms with Gasteiger partial charge in [-0.3, -0.25) is 10.9 Å². The molecule has 0 fully saturated rings. The van der Waals surface area contributed by atoms with Crippen molar-refractivity contribution in [1.82, 2.24) is 10.9 Å². The van der Waals surface area contributed by atoms with Crippen molar-refractivity contribution in [1.29, 1.82) is 0 Å². The predicted molar refractivity (Wildman–Crippen MR) is 73.5 cm³/mol. The van der Waals surface area contributed by atoms with Crippen molar-refractivity contribution < 1.29 is 0 Å². The van der Waals surface area contributed by atoms with Crippen molar-refractivity contribution in [2.75, 3.05) is 0 Å². The van der Waals surface area contributed by atoms with E-state index in [4.69, 9.17) is 0 Å². The summed E-state index contributed by atoms with van der Waals surface area (Å²) in [5, 5.41) is 0. The largest absolute Gasteiger partial charge is 0.255 e. The van der Waals surface area contributed by atoms with Crippen LogP contribution in [-0.2, 0) is 0 Å². The maximum atomic E-state index is 3.42. The van der Waals surface area contributed by atoms with Gasteiger partial charge in [0.1, 0.15) is 0 Å². The zero-order valence-electron chi connectivity index (χ0n) is 11.8. The molecule has 0 heterocycles. The van der Waals surface area contributed by atoms with E-state index in [9.17, 15) is 0 Å². The molecule has 0 radical (unpaired) electrons. The quantitative estimate of drug-likeness (QED) is 0.412. The first kappa shape index (κ1) is 15.9. The van der Waals surface area contributed by atoms with Gasteiger partial charge in [-0.15, -0.1) is 0 Å². The summed E-state index contributed by atoms with van der Waals surface area (Å²) in [6, 6.07) is 1.19. The van der Waals surface area contributed by atoms with Gasteiger partial charge in [-0.2, -0.15) is 0 Å². The molecule has 98 valence electrons. The van der Waals surface area contributed by atoms with Gasteiger partial charge in [0.15, 0.2) is 0 Å². The normalized spacial score (nSPS) is 15.0. The van der Waals surface area contributed by atoms with E-state index in [0.29, 0.717) is 12.1 Å². The van der Waals surface area contributed by atoms with E-state index in [1.165, 1.54) is 51.4 Å². The Morgan fingerprint density at radius 2 is 1.06 bits per heavy atom. The maximum absolute atomic E-state index is 3.42. The van der Waals surface area contributed by atoms with Gasteiger partial charge in [-0.1, -0.05) is 52.4 Å². The molecule has 0 aromatic heterocycles. The summed E-state index contributed by atoms with van der Waals surface area (Å²) in [5.74, 6) is 0. The van der Waals surface area contributed by atoms with Crippen LogP contribution < -0.4 is 10.9 Å². The van der Waals surface area contributed by atoms with Gasteiger partial charge in [-0.05, 0) is 26.7 Å². The van der Waals surface area contributed by atoms with Crippen molar-refractivity contribution >= 4 is 0 Å². The molecule has 0 saturated heterocycles. The summed E-state index contributed by atoms with van der Waals surface area (Å²) in [7, 11) is 0. The zero-order chi connectivity index (χ0) is 12.2. The monoisotopic (exact) mass is 228 g/mol. The Morgan fingerprint density at radius 3 is 1.38 bits per heavy atom. The van der Waals surface area contributed by atoms with Crippen LogP contribution >= 0.6 is 0 Å². The highest BCUT2D eigenvalue weighted by molar-refractivity contribution is 4.62. The number of rotatable bonds is 11. The van der Waals surface area contributed by atoms with Crippen LogP contribution in [0.5, 0.6) is 0 Å². The minimum Gasteiger partial charge on any atom is -0.255 e. The third kappa shape index (κ3) is 10.4. The summed E-state index contributed by atoms with van der Waals surface area (Å²) in [6.07, 6.45) is 10.6. The SMILES string of the molecule is CCCCC[C@@H](C)NN[C@@H](C)CCCCC. The fourth-order valence-corrected chi connectivity index (χ4v) is 1.83. The molecule has 0 amide bonds. The molecule has 0 rings (SSSR count). The molecule has 0 aliphatic heterocycles. The van der Waals surface area contributed by atoms with Crippen molar-refractivity contribution in [3.8, 4) is 0 Å². The van der Waals surface area contributed by atoms with E-state index < -0.39 is 0 Å². The Morgan fingerprint density at radius 1 is 0.688 bits per heavy atom. The third-order valence-electron chi connectivity index (χ3n) is 3.06. The molecule has 0 bridgehead atoms. The summed E-state index contributed by atoms with van der Waals surface area (Å²) < 4.78 is 0. The number of hydrazine groups is 1. The standard InChI is InChI=1S/C14H32N2/c1-5-7-9-11-13(3)15-16-14(4)12-10-8-6-2/h13-16H,5-12H2,1-4H3/t13-,14+. The van der Waals surface area contributed by atoms with Gasteiger partial charge >= 0.3 is 0 Å². The van der Waals surface area contributed by atoms with E-state index in [0.717, 1.165) is 0 Å². The zero-order valence-corrected chi connectivity index (χ0v) is 11.8. The van der Waals surface area contributed by atoms with E-state index in [2.05, 4.69) is 38.5 Å². The van der Waals surface area contributed by atoms with Crippen LogP contribution in [-0.4, -0.2) is 12.1 Å². The van der Waals surface area contributed by atoms with Crippen LogP contribution in [0.15, 0.2) is 0 Å². The van der Waals surface area contributed by atoms with E-state index in [-0.39, 0.29) is 0 Å². The van der Waals surface area contributed by atoms with E-state index >= 15 is 0 Å². The molecule has 0 saturated carbocycles. The number of unbranched alkanes of at least 4 members (excludes halogenated alkanes) is 4. The highest BCUT2D eigenvalue weighted by Gasteiger charge is 2.04. The second-order valence-corrected chi connectivity index (χ2v) is 5.08. The summed E-state index contributed by atoms with van der Waals surface area (Å²) >= 11 is 0. The molecule has 0 aromatic carbocycles. The average molecular weight is 228 g/mol. The van der Waals surface area contributed by atoms with Crippen LogP contribution in [0.1, 0.15) is 79.1 Å². The number of hydrogen-bond acceptors (Lipinski definition) is 2. The Balaban J connectivity index is 3.32. The van der Waals surface area contributed by atoms with Crippen molar-refractivity contribution in [3.63, 3.8) is 0 Å². The predicted octanol–water partition coefficient (Wildman–Crippen LogP) is 4.02. The van der Waals surface area contributed by atoms with Crippen LogP contribution in [0.4, 0.5) is 0 Å². The van der Waals surface area contributed by atoms with Gasteiger partial charge in [0.2, 0.25) is 0 Å². The lowest BCUT2D eigenvalue weighted by Crippen LogP contribution is -2.44. The molecule has 2 atom stereocenters. The molecule has 0 spiro atoms. The van der Waals surface area contributed by atoms with Crippen molar-refractivity contribution in [3.05, 3.63) is 0 Å². The fraction of sp³-hybridized carbons (Fsp3) is 1.00. The molecule has 2 N–H and O–H groups in total. The molecule has 0 aromatic rings. The first-order valence-electron chi connectivity index (χ1n) is 7.21. The minimum atomic E-state index is 0.597. The van der Waals surface area contributed by atoms with Crippen LogP contribution in [0, 0.1) is 0 Å². The highest BCUT2D eigenvalue weighted by atomic mass is 15.4. The second-order valence-electron chi connectivity index (χ2n) is 5.08. The lowest BCUT2D eigenvalue weighted by molar-refractivity contribution is 0.360. The number of hydrogen-bond donors (Lipinski definition) is 2. The maximum Gasteiger partial charge on any atom is 0.0184 e. The van der Waals surface area contributed by atoms with Gasteiger partial charge in [0, 0.05) is 12.1 Å². The van der Waals surface area contributed by atoms with Crippen molar-refractivity contribution in [2.24, 2.45) is 0 Å². The highest BCUT2D eigenvalue weighted by Crippen LogP contribution is 2.04. The van der Waals surface area contributed by atoms with E-state index in [1.807, 2.05) is 0 Å². The Labute approximate surface area is 103 Å². The first-order valence-corrected chi connectivity index (χ1v) is 7.21. The summed E-state index contributed by atoms with van der Waals surface area (Å²) in [5.41, 5.74) is 6.84. The van der Waals surface area contributed by atoms with Crippen molar-refractivity contribution in [2.45, 2.75) is 91.1 Å². The third-order valence-corrected chi connectivity index (χ3v) is 3.06. The Bertz CT molecular complexity index is 121. The molecular formula is C14H32N2. The molecular weight excluding hydrogens is 196 g/mol. The lowest BCUT2D eigenvalue weighted by atomic mass is 10.1. The topological polar surface area (TPSA) is 24.1 Å². The molecule has 2 heteroatoms. The molecule has 0 aliphatic rings. The number of nitrogens with one attached hydrogen (secondary N) is 2. The van der Waals surface area contributed by atoms with Crippen LogP contribution in [0.25, 0.3) is 0 Å². The molecule has 2 nitrogen and oxygen atoms in total. The van der Waals surface area contributed by atoms with Gasteiger partial charge in [-0.25, -0.2) is 0 Å². The average Bonchev–Trinajstić information content (AvgIpc) is 2.27. The first-order chi connectivity index (χ1) is 7.70. The van der Waals surface area contributed by atoms with Gasteiger partial charge in [0.05, 0.1) is 0 Å². The van der Waals surface area contributed by atoms with Crippen LogP contribution in [0.3, 0.4) is 0 Å². The fourth-order valence-electron chi connectivity index (χ4n) is 1.83. The summed E-state index contributed by atoms with van der Waals surface area (Å²) in [4.78, 5) is 0. The summed E-state index contributed by atoms with van der Waals surface area (Å²) in [6.45, 7) is 9.04. The lowest BCUT2D eigenvalue weighted by Gasteiger charge is -2.19. The van der Waals surface area contributed by atoms with Crippen LogP contribution in [0.2, 0.25) is 0 Å². The van der Waals surface area contributed by atoms with Gasteiger partial charge in [0.25, 0.3) is 0 Å².